The second kappa shape index (κ2) is 6.87. The molecule has 0 aliphatic rings. The van der Waals surface area contributed by atoms with Crippen molar-refractivity contribution in [2.75, 3.05) is 19.7 Å². The van der Waals surface area contributed by atoms with Crippen LogP contribution in [0.4, 0.5) is 14.5 Å². The van der Waals surface area contributed by atoms with E-state index in [1.165, 1.54) is 13.0 Å². The van der Waals surface area contributed by atoms with Crippen molar-refractivity contribution in [2.24, 2.45) is 0 Å². The Kier molecular flexibility index (Phi) is 5.70. The molecule has 118 valence electrons. The fourth-order valence-electron chi connectivity index (χ4n) is 1.67. The molecule has 1 N–H and O–H groups in total. The Bertz CT molecular complexity index is 621. The number of aliphatic hydroxyl groups excluding tert-OH is 1. The molecule has 0 bridgehead atoms. The molecule has 7 nitrogen and oxygen atoms in total. The van der Waals surface area contributed by atoms with E-state index in [9.17, 15) is 27.3 Å². The van der Waals surface area contributed by atoms with Crippen LogP contribution in [0, 0.1) is 17.0 Å². The van der Waals surface area contributed by atoms with Gasteiger partial charge in [0.2, 0.25) is 10.0 Å². The van der Waals surface area contributed by atoms with E-state index in [0.29, 0.717) is 4.31 Å². The predicted molar refractivity (Wildman–Crippen MR) is 69.7 cm³/mol. The maximum atomic E-state index is 12.4. The standard InChI is InChI=1S/C11H14F2N2O5S/c1-8-2-3-9(6-10(8)15(17)18)21(19,20)14(4-5-16)7-11(12)13/h2-3,6,11,16H,4-5,7H2,1H3. The molecule has 1 aromatic rings. The Balaban J connectivity index is 3.27. The summed E-state index contributed by atoms with van der Waals surface area (Å²) in [6, 6.07) is 3.15. The summed E-state index contributed by atoms with van der Waals surface area (Å²) in [4.78, 5) is 9.60. The second-order valence-corrected chi connectivity index (χ2v) is 6.12. The molecular formula is C11H14F2N2O5S. The molecular weight excluding hydrogens is 310 g/mol. The number of rotatable bonds is 7. The van der Waals surface area contributed by atoms with Crippen molar-refractivity contribution in [1.29, 1.82) is 0 Å². The van der Waals surface area contributed by atoms with Crippen molar-refractivity contribution in [3.8, 4) is 0 Å². The summed E-state index contributed by atoms with van der Waals surface area (Å²) >= 11 is 0. The molecule has 1 rings (SSSR count). The lowest BCUT2D eigenvalue weighted by molar-refractivity contribution is -0.385. The molecule has 0 saturated heterocycles. The van der Waals surface area contributed by atoms with Crippen molar-refractivity contribution in [2.45, 2.75) is 18.2 Å². The van der Waals surface area contributed by atoms with E-state index < -0.39 is 51.7 Å². The zero-order chi connectivity index (χ0) is 16.2. The third kappa shape index (κ3) is 4.16. The first-order valence-electron chi connectivity index (χ1n) is 5.84. The minimum absolute atomic E-state index is 0.251. The molecule has 1 aromatic carbocycles. The molecule has 0 amide bonds. The summed E-state index contributed by atoms with van der Waals surface area (Å²) in [5, 5.41) is 19.6. The molecule has 21 heavy (non-hydrogen) atoms. The molecule has 0 radical (unpaired) electrons. The Hall–Kier alpha value is -1.65. The predicted octanol–water partition coefficient (Wildman–Crippen LogP) is 1.15. The van der Waals surface area contributed by atoms with Crippen LogP contribution in [-0.4, -0.2) is 48.9 Å². The highest BCUT2D eigenvalue weighted by atomic mass is 32.2. The fourth-order valence-corrected chi connectivity index (χ4v) is 3.10. The molecule has 0 unspecified atom stereocenters. The minimum atomic E-state index is -4.34. The van der Waals surface area contributed by atoms with Gasteiger partial charge < -0.3 is 5.11 Å². The van der Waals surface area contributed by atoms with Crippen LogP contribution in [-0.2, 0) is 10.0 Å². The van der Waals surface area contributed by atoms with Gasteiger partial charge in [-0.25, -0.2) is 17.2 Å². The van der Waals surface area contributed by atoms with E-state index in [0.717, 1.165) is 12.1 Å². The number of nitrogens with zero attached hydrogens (tertiary/aromatic N) is 2. The molecule has 0 aromatic heterocycles. The van der Waals surface area contributed by atoms with Gasteiger partial charge in [0.15, 0.2) is 0 Å². The maximum Gasteiger partial charge on any atom is 0.273 e. The highest BCUT2D eigenvalue weighted by Gasteiger charge is 2.28. The lowest BCUT2D eigenvalue weighted by atomic mass is 10.2. The Morgan fingerprint density at radius 3 is 2.52 bits per heavy atom. The number of hydrogen-bond acceptors (Lipinski definition) is 5. The Morgan fingerprint density at radius 2 is 2.05 bits per heavy atom. The molecule has 0 heterocycles. The highest BCUT2D eigenvalue weighted by molar-refractivity contribution is 7.89. The summed E-state index contributed by atoms with van der Waals surface area (Å²) in [7, 11) is -4.34. The number of benzene rings is 1. The fraction of sp³-hybridized carbons (Fsp3) is 0.455. The molecule has 0 atom stereocenters. The van der Waals surface area contributed by atoms with E-state index in [1.54, 1.807) is 0 Å². The van der Waals surface area contributed by atoms with Crippen LogP contribution >= 0.6 is 0 Å². The van der Waals surface area contributed by atoms with Crippen LogP contribution in [0.2, 0.25) is 0 Å². The number of alkyl halides is 2. The van der Waals surface area contributed by atoms with Gasteiger partial charge in [0.05, 0.1) is 23.0 Å². The number of sulfonamides is 1. The summed E-state index contributed by atoms with van der Waals surface area (Å²) in [5.41, 5.74) is -0.168. The molecule has 10 heteroatoms. The lowest BCUT2D eigenvalue weighted by Crippen LogP contribution is -2.37. The summed E-state index contributed by atoms with van der Waals surface area (Å²) in [5.74, 6) is 0. The first kappa shape index (κ1) is 17.4. The topological polar surface area (TPSA) is 101 Å². The van der Waals surface area contributed by atoms with E-state index in [1.807, 2.05) is 0 Å². The van der Waals surface area contributed by atoms with E-state index in [4.69, 9.17) is 5.11 Å². The molecule has 0 aliphatic carbocycles. The second-order valence-electron chi connectivity index (χ2n) is 4.18. The maximum absolute atomic E-state index is 12.4. The zero-order valence-corrected chi connectivity index (χ0v) is 11.9. The van der Waals surface area contributed by atoms with Crippen LogP contribution < -0.4 is 0 Å². The van der Waals surface area contributed by atoms with Gasteiger partial charge in [0, 0.05) is 18.2 Å². The first-order chi connectivity index (χ1) is 9.70. The summed E-state index contributed by atoms with van der Waals surface area (Å²) in [6.07, 6.45) is -2.92. The number of aliphatic hydroxyl groups is 1. The smallest absolute Gasteiger partial charge is 0.273 e. The van der Waals surface area contributed by atoms with Crippen LogP contribution in [0.15, 0.2) is 23.1 Å². The number of nitro groups is 1. The third-order valence-electron chi connectivity index (χ3n) is 2.71. The Morgan fingerprint density at radius 1 is 1.43 bits per heavy atom. The van der Waals surface area contributed by atoms with Crippen molar-refractivity contribution in [1.82, 2.24) is 4.31 Å². The average molecular weight is 324 g/mol. The van der Waals surface area contributed by atoms with Gasteiger partial charge in [-0.1, -0.05) is 6.07 Å². The molecule has 0 saturated carbocycles. The van der Waals surface area contributed by atoms with Gasteiger partial charge in [-0.2, -0.15) is 4.31 Å². The Labute approximate surface area is 120 Å². The minimum Gasteiger partial charge on any atom is -0.395 e. The number of halogens is 2. The number of aryl methyl sites for hydroxylation is 1. The van der Waals surface area contributed by atoms with Crippen molar-refractivity contribution in [3.05, 3.63) is 33.9 Å². The van der Waals surface area contributed by atoms with E-state index in [2.05, 4.69) is 0 Å². The van der Waals surface area contributed by atoms with Crippen LogP contribution in [0.1, 0.15) is 5.56 Å². The molecule has 0 spiro atoms. The van der Waals surface area contributed by atoms with Crippen molar-refractivity contribution >= 4 is 15.7 Å². The summed E-state index contributed by atoms with van der Waals surface area (Å²) < 4.78 is 49.7. The van der Waals surface area contributed by atoms with Gasteiger partial charge in [-0.05, 0) is 13.0 Å². The van der Waals surface area contributed by atoms with Gasteiger partial charge in [-0.15, -0.1) is 0 Å². The SMILES string of the molecule is Cc1ccc(S(=O)(=O)N(CCO)CC(F)F)cc1[N+](=O)[O-]. The number of hydrogen-bond donors (Lipinski definition) is 1. The van der Waals surface area contributed by atoms with E-state index >= 15 is 0 Å². The van der Waals surface area contributed by atoms with Crippen LogP contribution in [0.25, 0.3) is 0 Å². The van der Waals surface area contributed by atoms with Crippen LogP contribution in [0.3, 0.4) is 0 Å². The van der Waals surface area contributed by atoms with Gasteiger partial charge in [0.25, 0.3) is 12.1 Å². The monoisotopic (exact) mass is 324 g/mol. The zero-order valence-electron chi connectivity index (χ0n) is 11.1. The average Bonchev–Trinajstić information content (AvgIpc) is 2.37. The summed E-state index contributed by atoms with van der Waals surface area (Å²) in [6.45, 7) is -0.821. The molecule has 0 aliphatic heterocycles. The first-order valence-corrected chi connectivity index (χ1v) is 7.28. The normalized spacial score (nSPS) is 12.1. The third-order valence-corrected chi connectivity index (χ3v) is 4.57. The van der Waals surface area contributed by atoms with Gasteiger partial charge in [-0.3, -0.25) is 10.1 Å². The highest BCUT2D eigenvalue weighted by Crippen LogP contribution is 2.24. The number of nitro benzene ring substituents is 1. The quantitative estimate of drug-likeness (QED) is 0.599. The largest absolute Gasteiger partial charge is 0.395 e. The molecule has 0 fully saturated rings. The van der Waals surface area contributed by atoms with Crippen LogP contribution in [0.5, 0.6) is 0 Å². The van der Waals surface area contributed by atoms with Crippen molar-refractivity contribution in [3.63, 3.8) is 0 Å². The van der Waals surface area contributed by atoms with Gasteiger partial charge >= 0.3 is 0 Å². The van der Waals surface area contributed by atoms with Gasteiger partial charge in [0.1, 0.15) is 0 Å². The van der Waals surface area contributed by atoms with Crippen molar-refractivity contribution < 1.29 is 27.2 Å². The lowest BCUT2D eigenvalue weighted by Gasteiger charge is -2.20. The van der Waals surface area contributed by atoms with E-state index in [-0.39, 0.29) is 5.56 Å².